The summed E-state index contributed by atoms with van der Waals surface area (Å²) in [6, 6.07) is 1.99. The fourth-order valence-corrected chi connectivity index (χ4v) is 2.58. The van der Waals surface area contributed by atoms with Crippen molar-refractivity contribution < 1.29 is 0 Å². The SMILES string of the molecule is CC1CCN(c2ccnc(NCc3cn(C)cn3)n2)CC1. The highest BCUT2D eigenvalue weighted by Gasteiger charge is 2.17. The monoisotopic (exact) mass is 286 g/mol. The van der Waals surface area contributed by atoms with Crippen LogP contribution in [0.4, 0.5) is 11.8 Å². The van der Waals surface area contributed by atoms with Crippen molar-refractivity contribution in [2.75, 3.05) is 23.3 Å². The lowest BCUT2D eigenvalue weighted by Gasteiger charge is -2.31. The summed E-state index contributed by atoms with van der Waals surface area (Å²) in [5, 5.41) is 3.24. The van der Waals surface area contributed by atoms with Gasteiger partial charge in [0, 0.05) is 32.5 Å². The highest BCUT2D eigenvalue weighted by molar-refractivity contribution is 5.42. The van der Waals surface area contributed by atoms with E-state index < -0.39 is 0 Å². The largest absolute Gasteiger partial charge is 0.356 e. The van der Waals surface area contributed by atoms with Crippen LogP contribution in [-0.4, -0.2) is 32.6 Å². The molecule has 1 N–H and O–H groups in total. The van der Waals surface area contributed by atoms with Crippen LogP contribution in [0.2, 0.25) is 0 Å². The normalized spacial score (nSPS) is 16.2. The molecular weight excluding hydrogens is 264 g/mol. The van der Waals surface area contributed by atoms with Crippen molar-refractivity contribution in [3.63, 3.8) is 0 Å². The van der Waals surface area contributed by atoms with Gasteiger partial charge in [0.2, 0.25) is 5.95 Å². The first-order chi connectivity index (χ1) is 10.2. The average molecular weight is 286 g/mol. The van der Waals surface area contributed by atoms with E-state index in [0.29, 0.717) is 12.5 Å². The van der Waals surface area contributed by atoms with Crippen LogP contribution in [0.1, 0.15) is 25.5 Å². The van der Waals surface area contributed by atoms with Gasteiger partial charge in [0.1, 0.15) is 5.82 Å². The molecule has 0 unspecified atom stereocenters. The van der Waals surface area contributed by atoms with Gasteiger partial charge in [0.05, 0.1) is 18.6 Å². The first-order valence-electron chi connectivity index (χ1n) is 7.49. The number of nitrogens with one attached hydrogen (secondary N) is 1. The van der Waals surface area contributed by atoms with Gasteiger partial charge in [-0.3, -0.25) is 0 Å². The van der Waals surface area contributed by atoms with Crippen LogP contribution in [0.5, 0.6) is 0 Å². The second kappa shape index (κ2) is 6.11. The Labute approximate surface area is 125 Å². The van der Waals surface area contributed by atoms with Gasteiger partial charge in [0.25, 0.3) is 0 Å². The fraction of sp³-hybridized carbons (Fsp3) is 0.533. The summed E-state index contributed by atoms with van der Waals surface area (Å²) in [5.41, 5.74) is 0.985. The van der Waals surface area contributed by atoms with E-state index in [1.807, 2.05) is 30.1 Å². The van der Waals surface area contributed by atoms with E-state index in [1.54, 1.807) is 6.33 Å². The molecule has 6 heteroatoms. The highest BCUT2D eigenvalue weighted by atomic mass is 15.2. The Kier molecular flexibility index (Phi) is 4.03. The van der Waals surface area contributed by atoms with Gasteiger partial charge in [-0.15, -0.1) is 0 Å². The fourth-order valence-electron chi connectivity index (χ4n) is 2.58. The third-order valence-corrected chi connectivity index (χ3v) is 3.93. The maximum Gasteiger partial charge on any atom is 0.224 e. The predicted octanol–water partition coefficient (Wildman–Crippen LogP) is 2.06. The molecule has 0 radical (unpaired) electrons. The number of imidazole rings is 1. The molecule has 1 saturated heterocycles. The Morgan fingerprint density at radius 1 is 1.29 bits per heavy atom. The van der Waals surface area contributed by atoms with Crippen molar-refractivity contribution in [1.29, 1.82) is 0 Å². The summed E-state index contributed by atoms with van der Waals surface area (Å²) in [6.07, 6.45) is 8.08. The van der Waals surface area contributed by atoms with E-state index >= 15 is 0 Å². The third kappa shape index (κ3) is 3.51. The molecule has 1 aliphatic rings. The first kappa shape index (κ1) is 13.9. The molecule has 6 nitrogen and oxygen atoms in total. The summed E-state index contributed by atoms with van der Waals surface area (Å²) >= 11 is 0. The molecule has 1 aliphatic heterocycles. The van der Waals surface area contributed by atoms with E-state index in [9.17, 15) is 0 Å². The van der Waals surface area contributed by atoms with Gasteiger partial charge in [-0.1, -0.05) is 6.92 Å². The second-order valence-electron chi connectivity index (χ2n) is 5.79. The Balaban J connectivity index is 1.63. The predicted molar refractivity (Wildman–Crippen MR) is 83.2 cm³/mol. The topological polar surface area (TPSA) is 58.9 Å². The van der Waals surface area contributed by atoms with Gasteiger partial charge in [-0.2, -0.15) is 4.98 Å². The minimum Gasteiger partial charge on any atom is -0.356 e. The van der Waals surface area contributed by atoms with Crippen molar-refractivity contribution in [2.24, 2.45) is 13.0 Å². The maximum atomic E-state index is 4.61. The summed E-state index contributed by atoms with van der Waals surface area (Å²) in [4.78, 5) is 15.5. The number of aryl methyl sites for hydroxylation is 1. The number of hydrogen-bond donors (Lipinski definition) is 1. The molecule has 0 spiro atoms. The second-order valence-corrected chi connectivity index (χ2v) is 5.79. The summed E-state index contributed by atoms with van der Waals surface area (Å²) < 4.78 is 1.93. The lowest BCUT2D eigenvalue weighted by molar-refractivity contribution is 0.436. The van der Waals surface area contributed by atoms with E-state index in [2.05, 4.69) is 32.1 Å². The Bertz CT molecular complexity index is 585. The molecule has 0 bridgehead atoms. The summed E-state index contributed by atoms with van der Waals surface area (Å²) in [7, 11) is 1.96. The Hall–Kier alpha value is -2.11. The van der Waals surface area contributed by atoms with Crippen molar-refractivity contribution in [2.45, 2.75) is 26.3 Å². The van der Waals surface area contributed by atoms with E-state index in [-0.39, 0.29) is 0 Å². The lowest BCUT2D eigenvalue weighted by atomic mass is 9.99. The molecule has 21 heavy (non-hydrogen) atoms. The van der Waals surface area contributed by atoms with Gasteiger partial charge >= 0.3 is 0 Å². The first-order valence-corrected chi connectivity index (χ1v) is 7.49. The van der Waals surface area contributed by atoms with Gasteiger partial charge < -0.3 is 14.8 Å². The zero-order chi connectivity index (χ0) is 14.7. The van der Waals surface area contributed by atoms with Crippen LogP contribution in [0.25, 0.3) is 0 Å². The smallest absolute Gasteiger partial charge is 0.224 e. The van der Waals surface area contributed by atoms with E-state index in [1.165, 1.54) is 12.8 Å². The molecule has 2 aromatic heterocycles. The number of piperidine rings is 1. The van der Waals surface area contributed by atoms with Crippen molar-refractivity contribution >= 4 is 11.8 Å². The molecule has 112 valence electrons. The minimum atomic E-state index is 0.640. The third-order valence-electron chi connectivity index (χ3n) is 3.93. The molecule has 1 fully saturated rings. The molecule has 0 atom stereocenters. The average Bonchev–Trinajstić information content (AvgIpc) is 2.92. The number of anilines is 2. The molecule has 0 amide bonds. The van der Waals surface area contributed by atoms with Crippen LogP contribution < -0.4 is 10.2 Å². The van der Waals surface area contributed by atoms with Crippen molar-refractivity contribution in [1.82, 2.24) is 19.5 Å². The zero-order valence-electron chi connectivity index (χ0n) is 12.7. The lowest BCUT2D eigenvalue weighted by Crippen LogP contribution is -2.33. The number of hydrogen-bond acceptors (Lipinski definition) is 5. The number of nitrogens with zero attached hydrogens (tertiary/aromatic N) is 5. The Morgan fingerprint density at radius 2 is 2.10 bits per heavy atom. The highest BCUT2D eigenvalue weighted by Crippen LogP contribution is 2.21. The van der Waals surface area contributed by atoms with Crippen molar-refractivity contribution in [3.05, 3.63) is 30.5 Å². The minimum absolute atomic E-state index is 0.640. The van der Waals surface area contributed by atoms with Crippen LogP contribution >= 0.6 is 0 Å². The number of aromatic nitrogens is 4. The standard InChI is InChI=1S/C15H22N6/c1-12-4-7-21(8-5-12)14-3-6-16-15(19-14)17-9-13-10-20(2)11-18-13/h3,6,10-12H,4-5,7-9H2,1-2H3,(H,16,17,19). The van der Waals surface area contributed by atoms with Crippen LogP contribution in [-0.2, 0) is 13.6 Å². The maximum absolute atomic E-state index is 4.61. The molecule has 0 aromatic carbocycles. The molecule has 0 aliphatic carbocycles. The Morgan fingerprint density at radius 3 is 2.81 bits per heavy atom. The van der Waals surface area contributed by atoms with Crippen LogP contribution in [0, 0.1) is 5.92 Å². The molecule has 3 rings (SSSR count). The van der Waals surface area contributed by atoms with Gasteiger partial charge in [-0.05, 0) is 24.8 Å². The quantitative estimate of drug-likeness (QED) is 0.932. The molecule has 0 saturated carbocycles. The summed E-state index contributed by atoms with van der Waals surface area (Å²) in [5.74, 6) is 2.50. The molecule has 2 aromatic rings. The van der Waals surface area contributed by atoms with E-state index in [0.717, 1.165) is 30.5 Å². The van der Waals surface area contributed by atoms with Gasteiger partial charge in [0.15, 0.2) is 0 Å². The molecule has 3 heterocycles. The zero-order valence-corrected chi connectivity index (χ0v) is 12.7. The summed E-state index contributed by atoms with van der Waals surface area (Å²) in [6.45, 7) is 5.12. The van der Waals surface area contributed by atoms with Crippen LogP contribution in [0.3, 0.4) is 0 Å². The van der Waals surface area contributed by atoms with E-state index in [4.69, 9.17) is 0 Å². The molecular formula is C15H22N6. The van der Waals surface area contributed by atoms with Crippen LogP contribution in [0.15, 0.2) is 24.8 Å². The van der Waals surface area contributed by atoms with Crippen molar-refractivity contribution in [3.8, 4) is 0 Å². The number of rotatable bonds is 4. The van der Waals surface area contributed by atoms with Gasteiger partial charge in [-0.25, -0.2) is 9.97 Å².